The fraction of sp³-hybridized carbons (Fsp3) is 0.111. The van der Waals surface area contributed by atoms with E-state index < -0.39 is 0 Å². The molecule has 4 rings (SSSR count). The van der Waals surface area contributed by atoms with Crippen LogP contribution in [0.25, 0.3) is 16.6 Å². The Morgan fingerprint density at radius 1 is 1.04 bits per heavy atom. The van der Waals surface area contributed by atoms with Gasteiger partial charge in [-0.2, -0.15) is 4.52 Å². The largest absolute Gasteiger partial charge is 0.293 e. The van der Waals surface area contributed by atoms with Gasteiger partial charge in [0.05, 0.1) is 11.3 Å². The molecule has 24 heavy (non-hydrogen) atoms. The monoisotopic (exact) mass is 334 g/mol. The van der Waals surface area contributed by atoms with E-state index in [1.807, 2.05) is 61.5 Å². The SMILES string of the molecule is Cc1nc2c3ccccc3nc(SCC(=O)c3ccccc3)n2n1. The highest BCUT2D eigenvalue weighted by Crippen LogP contribution is 2.24. The van der Waals surface area contributed by atoms with Crippen molar-refractivity contribution in [2.24, 2.45) is 0 Å². The number of benzene rings is 2. The predicted molar refractivity (Wildman–Crippen MR) is 94.5 cm³/mol. The van der Waals surface area contributed by atoms with Crippen LogP contribution in [0.5, 0.6) is 0 Å². The summed E-state index contributed by atoms with van der Waals surface area (Å²) < 4.78 is 1.72. The second kappa shape index (κ2) is 6.05. The van der Waals surface area contributed by atoms with Crippen molar-refractivity contribution in [3.63, 3.8) is 0 Å². The van der Waals surface area contributed by atoms with E-state index >= 15 is 0 Å². The molecule has 0 aliphatic carbocycles. The zero-order valence-electron chi connectivity index (χ0n) is 13.0. The number of aryl methyl sites for hydroxylation is 1. The Morgan fingerprint density at radius 2 is 1.79 bits per heavy atom. The summed E-state index contributed by atoms with van der Waals surface area (Å²) in [5, 5.41) is 6.05. The molecule has 0 unspecified atom stereocenters. The van der Waals surface area contributed by atoms with Crippen LogP contribution in [-0.2, 0) is 0 Å². The zero-order valence-corrected chi connectivity index (χ0v) is 13.8. The lowest BCUT2D eigenvalue weighted by molar-refractivity contribution is 0.102. The average Bonchev–Trinajstić information content (AvgIpc) is 3.02. The number of Topliss-reactive ketones (excluding diaryl/α,β-unsaturated/α-hetero) is 1. The Balaban J connectivity index is 1.71. The number of hydrogen-bond donors (Lipinski definition) is 0. The van der Waals surface area contributed by atoms with Crippen LogP contribution in [0.2, 0.25) is 0 Å². The summed E-state index contributed by atoms with van der Waals surface area (Å²) in [4.78, 5) is 21.5. The maximum absolute atomic E-state index is 12.3. The Bertz CT molecular complexity index is 1040. The highest BCUT2D eigenvalue weighted by Gasteiger charge is 2.14. The quantitative estimate of drug-likeness (QED) is 0.324. The van der Waals surface area contributed by atoms with Gasteiger partial charge in [0.2, 0.25) is 0 Å². The number of hydrogen-bond acceptors (Lipinski definition) is 5. The van der Waals surface area contributed by atoms with Gasteiger partial charge in [-0.25, -0.2) is 9.97 Å². The standard InChI is InChI=1S/C18H14N4OS/c1-12-19-17-14-9-5-6-10-15(14)20-18(22(17)21-12)24-11-16(23)13-7-3-2-4-8-13/h2-10H,11H2,1H3. The number of nitrogens with zero attached hydrogens (tertiary/aromatic N) is 4. The smallest absolute Gasteiger partial charge is 0.192 e. The van der Waals surface area contributed by atoms with Crippen molar-refractivity contribution in [2.75, 3.05) is 5.75 Å². The van der Waals surface area contributed by atoms with E-state index in [4.69, 9.17) is 0 Å². The Morgan fingerprint density at radius 3 is 2.62 bits per heavy atom. The van der Waals surface area contributed by atoms with E-state index in [0.29, 0.717) is 22.3 Å². The van der Waals surface area contributed by atoms with Gasteiger partial charge in [0, 0.05) is 10.9 Å². The second-order valence-electron chi connectivity index (χ2n) is 5.38. The number of para-hydroxylation sites is 1. The van der Waals surface area contributed by atoms with Crippen LogP contribution >= 0.6 is 11.8 Å². The molecule has 6 heteroatoms. The van der Waals surface area contributed by atoms with E-state index in [9.17, 15) is 4.79 Å². The van der Waals surface area contributed by atoms with Crippen molar-refractivity contribution in [1.82, 2.24) is 19.6 Å². The highest BCUT2D eigenvalue weighted by atomic mass is 32.2. The molecule has 0 spiro atoms. The van der Waals surface area contributed by atoms with Gasteiger partial charge in [-0.3, -0.25) is 4.79 Å². The van der Waals surface area contributed by atoms with Gasteiger partial charge in [0.15, 0.2) is 16.6 Å². The molecular formula is C18H14N4OS. The van der Waals surface area contributed by atoms with Crippen molar-refractivity contribution < 1.29 is 4.79 Å². The number of aromatic nitrogens is 4. The van der Waals surface area contributed by atoms with Crippen molar-refractivity contribution >= 4 is 34.1 Å². The molecule has 4 aromatic rings. The molecule has 0 aliphatic rings. The van der Waals surface area contributed by atoms with E-state index in [2.05, 4.69) is 15.1 Å². The van der Waals surface area contributed by atoms with Crippen molar-refractivity contribution in [2.45, 2.75) is 12.1 Å². The molecule has 0 fully saturated rings. The van der Waals surface area contributed by atoms with Crippen LogP contribution in [0.1, 0.15) is 16.2 Å². The molecule has 0 amide bonds. The number of carbonyl (C=O) groups excluding carboxylic acids is 1. The number of carbonyl (C=O) groups is 1. The number of ketones is 1. The third kappa shape index (κ3) is 2.65. The van der Waals surface area contributed by atoms with Gasteiger partial charge >= 0.3 is 0 Å². The lowest BCUT2D eigenvalue weighted by Crippen LogP contribution is -2.05. The summed E-state index contributed by atoms with van der Waals surface area (Å²) in [6, 6.07) is 17.1. The molecule has 0 aliphatic heterocycles. The second-order valence-corrected chi connectivity index (χ2v) is 6.33. The number of fused-ring (bicyclic) bond motifs is 3. The molecule has 0 saturated carbocycles. The molecule has 5 nitrogen and oxygen atoms in total. The van der Waals surface area contributed by atoms with Crippen molar-refractivity contribution in [3.8, 4) is 0 Å². The third-order valence-electron chi connectivity index (χ3n) is 3.68. The van der Waals surface area contributed by atoms with Crippen LogP contribution in [0.15, 0.2) is 59.8 Å². The lowest BCUT2D eigenvalue weighted by Gasteiger charge is -2.06. The van der Waals surface area contributed by atoms with Crippen molar-refractivity contribution in [1.29, 1.82) is 0 Å². The fourth-order valence-electron chi connectivity index (χ4n) is 2.56. The summed E-state index contributed by atoms with van der Waals surface area (Å²) in [6.07, 6.45) is 0. The topological polar surface area (TPSA) is 60.2 Å². The van der Waals surface area contributed by atoms with Crippen LogP contribution in [-0.4, -0.2) is 31.1 Å². The van der Waals surface area contributed by atoms with E-state index in [1.54, 1.807) is 4.52 Å². The molecule has 118 valence electrons. The Hall–Kier alpha value is -2.73. The van der Waals surface area contributed by atoms with Gasteiger partial charge in [0.1, 0.15) is 5.82 Å². The summed E-state index contributed by atoms with van der Waals surface area (Å²) >= 11 is 1.38. The van der Waals surface area contributed by atoms with Crippen molar-refractivity contribution in [3.05, 3.63) is 66.0 Å². The first-order chi connectivity index (χ1) is 11.7. The number of rotatable bonds is 4. The van der Waals surface area contributed by atoms with Crippen LogP contribution in [0, 0.1) is 6.92 Å². The maximum Gasteiger partial charge on any atom is 0.192 e. The molecule has 2 aromatic carbocycles. The summed E-state index contributed by atoms with van der Waals surface area (Å²) in [7, 11) is 0. The van der Waals surface area contributed by atoms with Gasteiger partial charge in [0.25, 0.3) is 0 Å². The minimum Gasteiger partial charge on any atom is -0.293 e. The molecule has 0 atom stereocenters. The van der Waals surface area contributed by atoms with Crippen LogP contribution in [0.4, 0.5) is 0 Å². The molecule has 0 N–H and O–H groups in total. The predicted octanol–water partition coefficient (Wildman–Crippen LogP) is 3.56. The minimum absolute atomic E-state index is 0.0699. The lowest BCUT2D eigenvalue weighted by atomic mass is 10.2. The maximum atomic E-state index is 12.3. The fourth-order valence-corrected chi connectivity index (χ4v) is 3.40. The Kier molecular flexibility index (Phi) is 3.74. The van der Waals surface area contributed by atoms with Gasteiger partial charge in [-0.05, 0) is 19.1 Å². The summed E-state index contributed by atoms with van der Waals surface area (Å²) in [5.74, 6) is 1.06. The normalized spacial score (nSPS) is 11.2. The number of thioether (sulfide) groups is 1. The first kappa shape index (κ1) is 14.8. The molecule has 0 bridgehead atoms. The molecule has 2 aromatic heterocycles. The van der Waals surface area contributed by atoms with Crippen LogP contribution in [0.3, 0.4) is 0 Å². The minimum atomic E-state index is 0.0699. The van der Waals surface area contributed by atoms with Gasteiger partial charge < -0.3 is 0 Å². The first-order valence-corrected chi connectivity index (χ1v) is 8.54. The zero-order chi connectivity index (χ0) is 16.5. The molecule has 0 radical (unpaired) electrons. The van der Waals surface area contributed by atoms with E-state index in [0.717, 1.165) is 16.6 Å². The first-order valence-electron chi connectivity index (χ1n) is 7.55. The van der Waals surface area contributed by atoms with Crippen LogP contribution < -0.4 is 0 Å². The molecular weight excluding hydrogens is 320 g/mol. The van der Waals surface area contributed by atoms with Gasteiger partial charge in [-0.1, -0.05) is 54.2 Å². The average molecular weight is 334 g/mol. The summed E-state index contributed by atoms with van der Waals surface area (Å²) in [5.41, 5.74) is 2.33. The summed E-state index contributed by atoms with van der Waals surface area (Å²) in [6.45, 7) is 1.85. The highest BCUT2D eigenvalue weighted by molar-refractivity contribution is 7.99. The van der Waals surface area contributed by atoms with E-state index in [1.165, 1.54) is 11.8 Å². The van der Waals surface area contributed by atoms with Gasteiger partial charge in [-0.15, -0.1) is 5.10 Å². The Labute approximate surface area is 142 Å². The third-order valence-corrected chi connectivity index (χ3v) is 4.61. The molecule has 0 saturated heterocycles. The van der Waals surface area contributed by atoms with E-state index in [-0.39, 0.29) is 5.78 Å². The molecule has 2 heterocycles.